The number of benzene rings is 2. The third kappa shape index (κ3) is 2.66. The van der Waals surface area contributed by atoms with Crippen molar-refractivity contribution in [3.63, 3.8) is 0 Å². The zero-order valence-corrected chi connectivity index (χ0v) is 17.1. The van der Waals surface area contributed by atoms with Crippen LogP contribution < -0.4 is 0 Å². The van der Waals surface area contributed by atoms with Crippen LogP contribution in [0, 0.1) is 39.3 Å². The van der Waals surface area contributed by atoms with E-state index < -0.39 is 34.6 Å². The maximum absolute atomic E-state index is 15.0. The van der Waals surface area contributed by atoms with Crippen molar-refractivity contribution < 1.29 is 9.18 Å². The summed E-state index contributed by atoms with van der Waals surface area (Å²) in [6.07, 6.45) is 3.67. The number of hydrogen-bond acceptors (Lipinski definition) is 4. The van der Waals surface area contributed by atoms with Crippen molar-refractivity contribution in [2.24, 2.45) is 10.8 Å². The van der Waals surface area contributed by atoms with Gasteiger partial charge in [0.2, 0.25) is 0 Å². The number of hydrogen-bond donors (Lipinski definition) is 0. The summed E-state index contributed by atoms with van der Waals surface area (Å²) < 4.78 is 15.0. The first kappa shape index (κ1) is 19.9. The van der Waals surface area contributed by atoms with Gasteiger partial charge in [0, 0.05) is 17.5 Å². The summed E-state index contributed by atoms with van der Waals surface area (Å²) in [4.78, 5) is 15.4. The second kappa shape index (κ2) is 6.82. The normalized spacial score (nSPS) is 23.8. The number of halogens is 1. The molecule has 0 aromatic heterocycles. The summed E-state index contributed by atoms with van der Waals surface area (Å²) in [6, 6.07) is 16.6. The highest BCUT2D eigenvalue weighted by atomic mass is 19.1. The van der Waals surface area contributed by atoms with E-state index in [1.807, 2.05) is 51.1 Å². The second-order valence-corrected chi connectivity index (χ2v) is 8.95. The topological polar surface area (TPSA) is 67.9 Å². The Morgan fingerprint density at radius 3 is 2.23 bits per heavy atom. The molecule has 0 N–H and O–H groups in total. The highest BCUT2D eigenvalue weighted by Gasteiger charge is 2.65. The lowest BCUT2D eigenvalue weighted by atomic mass is 9.66. The fourth-order valence-electron chi connectivity index (χ4n) is 4.81. The van der Waals surface area contributed by atoms with E-state index in [2.05, 4.69) is 12.1 Å². The van der Waals surface area contributed by atoms with Crippen LogP contribution in [0.2, 0.25) is 0 Å². The first-order valence-electron chi connectivity index (χ1n) is 9.92. The zero-order chi connectivity index (χ0) is 21.7. The van der Waals surface area contributed by atoms with Gasteiger partial charge in [0.15, 0.2) is 11.2 Å². The van der Waals surface area contributed by atoms with Crippen LogP contribution in [-0.2, 0) is 4.79 Å². The third-order valence-electron chi connectivity index (χ3n) is 6.19. The van der Waals surface area contributed by atoms with E-state index in [1.54, 1.807) is 29.3 Å². The highest BCUT2D eigenvalue weighted by molar-refractivity contribution is 5.91. The standard InChI is InChI=1S/C25H22FN3O/c1-24(2,3)23(30)21-20(18-10-6-7-11-19(18)26)25(14-27,15-28)22-17-9-5-4-8-16(17)12-13-29(21)22/h4-13,20-22H,1-3H3/t20-,21+,22-/m0/s1. The summed E-state index contributed by atoms with van der Waals surface area (Å²) in [6.45, 7) is 5.43. The van der Waals surface area contributed by atoms with E-state index >= 15 is 0 Å². The largest absolute Gasteiger partial charge is 0.357 e. The molecule has 30 heavy (non-hydrogen) atoms. The summed E-state index contributed by atoms with van der Waals surface area (Å²) in [5.41, 5.74) is -0.444. The van der Waals surface area contributed by atoms with Gasteiger partial charge in [-0.1, -0.05) is 63.2 Å². The molecule has 0 aliphatic carbocycles. The predicted molar refractivity (Wildman–Crippen MR) is 111 cm³/mol. The second-order valence-electron chi connectivity index (χ2n) is 8.95. The summed E-state index contributed by atoms with van der Waals surface area (Å²) in [5, 5.41) is 20.7. The van der Waals surface area contributed by atoms with Gasteiger partial charge in [0.05, 0.1) is 24.2 Å². The Balaban J connectivity index is 2.05. The quantitative estimate of drug-likeness (QED) is 0.715. The molecule has 2 aliphatic heterocycles. The molecule has 0 spiro atoms. The van der Waals surface area contributed by atoms with Crippen LogP contribution in [0.15, 0.2) is 54.7 Å². The molecule has 5 heteroatoms. The molecule has 4 rings (SSSR count). The van der Waals surface area contributed by atoms with Crippen molar-refractivity contribution in [1.29, 1.82) is 10.5 Å². The van der Waals surface area contributed by atoms with Crippen LogP contribution in [-0.4, -0.2) is 16.7 Å². The van der Waals surface area contributed by atoms with Crippen molar-refractivity contribution in [3.05, 3.63) is 77.2 Å². The molecule has 2 heterocycles. The fourth-order valence-corrected chi connectivity index (χ4v) is 4.81. The molecule has 1 fully saturated rings. The lowest BCUT2D eigenvalue weighted by molar-refractivity contribution is -0.130. The molecule has 0 unspecified atom stereocenters. The number of fused-ring (bicyclic) bond motifs is 3. The van der Waals surface area contributed by atoms with Crippen LogP contribution in [0.25, 0.3) is 6.08 Å². The first-order valence-corrected chi connectivity index (χ1v) is 9.92. The molecule has 4 nitrogen and oxygen atoms in total. The number of rotatable bonds is 2. The maximum atomic E-state index is 15.0. The van der Waals surface area contributed by atoms with Crippen molar-refractivity contribution in [2.45, 2.75) is 38.8 Å². The molecule has 0 amide bonds. The van der Waals surface area contributed by atoms with Gasteiger partial charge in [0.1, 0.15) is 5.82 Å². The maximum Gasteiger partial charge on any atom is 0.177 e. The Morgan fingerprint density at radius 2 is 1.63 bits per heavy atom. The van der Waals surface area contributed by atoms with Crippen LogP contribution in [0.5, 0.6) is 0 Å². The SMILES string of the molecule is CC(C)(C)C(=O)[C@H]1[C@H](c2ccccc2F)C(C#N)(C#N)[C@@H]2c3ccccc3C=CN21. The molecular weight excluding hydrogens is 377 g/mol. The van der Waals surface area contributed by atoms with Crippen molar-refractivity contribution in [3.8, 4) is 12.1 Å². The van der Waals surface area contributed by atoms with E-state index in [4.69, 9.17) is 0 Å². The Hall–Kier alpha value is -3.44. The van der Waals surface area contributed by atoms with E-state index in [9.17, 15) is 19.7 Å². The molecule has 0 saturated carbocycles. The van der Waals surface area contributed by atoms with E-state index in [0.717, 1.165) is 11.1 Å². The summed E-state index contributed by atoms with van der Waals surface area (Å²) in [7, 11) is 0. The summed E-state index contributed by atoms with van der Waals surface area (Å²) in [5.74, 6) is -1.57. The monoisotopic (exact) mass is 399 g/mol. The zero-order valence-electron chi connectivity index (χ0n) is 17.1. The Kier molecular flexibility index (Phi) is 4.51. The molecule has 150 valence electrons. The van der Waals surface area contributed by atoms with Gasteiger partial charge in [-0.15, -0.1) is 0 Å². The number of ketones is 1. The summed E-state index contributed by atoms with van der Waals surface area (Å²) >= 11 is 0. The molecule has 0 bridgehead atoms. The van der Waals surface area contributed by atoms with Crippen molar-refractivity contribution in [1.82, 2.24) is 4.90 Å². The van der Waals surface area contributed by atoms with Crippen LogP contribution in [0.4, 0.5) is 4.39 Å². The van der Waals surface area contributed by atoms with Crippen molar-refractivity contribution >= 4 is 11.9 Å². The minimum absolute atomic E-state index is 0.128. The van der Waals surface area contributed by atoms with Gasteiger partial charge in [-0.2, -0.15) is 10.5 Å². The first-order chi connectivity index (χ1) is 14.3. The average Bonchev–Trinajstić information content (AvgIpc) is 3.03. The third-order valence-corrected chi connectivity index (χ3v) is 6.19. The molecule has 2 aromatic rings. The van der Waals surface area contributed by atoms with Crippen LogP contribution in [0.1, 0.15) is 49.4 Å². The molecule has 0 radical (unpaired) electrons. The van der Waals surface area contributed by atoms with E-state index in [0.29, 0.717) is 0 Å². The number of Topliss-reactive ketones (excluding diaryl/α,β-unsaturated/α-hetero) is 1. The smallest absolute Gasteiger partial charge is 0.177 e. The molecule has 3 atom stereocenters. The minimum atomic E-state index is -1.63. The van der Waals surface area contributed by atoms with Crippen molar-refractivity contribution in [2.75, 3.05) is 0 Å². The highest BCUT2D eigenvalue weighted by Crippen LogP contribution is 2.60. The van der Waals surface area contributed by atoms with Gasteiger partial charge in [0.25, 0.3) is 0 Å². The number of nitriles is 2. The average molecular weight is 399 g/mol. The van der Waals surface area contributed by atoms with Gasteiger partial charge in [-0.25, -0.2) is 4.39 Å². The predicted octanol–water partition coefficient (Wildman–Crippen LogP) is 4.97. The fraction of sp³-hybridized carbons (Fsp3) is 0.320. The number of nitrogens with zero attached hydrogens (tertiary/aromatic N) is 3. The van der Waals surface area contributed by atoms with Crippen LogP contribution >= 0.6 is 0 Å². The minimum Gasteiger partial charge on any atom is -0.357 e. The Morgan fingerprint density at radius 1 is 1.03 bits per heavy atom. The molecule has 2 aliphatic rings. The number of carbonyl (C=O) groups is 1. The van der Waals surface area contributed by atoms with E-state index in [1.165, 1.54) is 6.07 Å². The van der Waals surface area contributed by atoms with Gasteiger partial charge < -0.3 is 4.90 Å². The van der Waals surface area contributed by atoms with Gasteiger partial charge >= 0.3 is 0 Å². The number of carbonyl (C=O) groups excluding carboxylic acids is 1. The van der Waals surface area contributed by atoms with Crippen LogP contribution in [0.3, 0.4) is 0 Å². The Labute approximate surface area is 175 Å². The molecular formula is C25H22FN3O. The van der Waals surface area contributed by atoms with E-state index in [-0.39, 0.29) is 11.3 Å². The molecule has 2 aromatic carbocycles. The lowest BCUT2D eigenvalue weighted by Crippen LogP contribution is -2.43. The Bertz CT molecular complexity index is 1120. The lowest BCUT2D eigenvalue weighted by Gasteiger charge is -2.36. The molecule has 1 saturated heterocycles. The van der Waals surface area contributed by atoms with Gasteiger partial charge in [-0.05, 0) is 28.8 Å². The van der Waals surface area contributed by atoms with Gasteiger partial charge in [-0.3, -0.25) is 4.79 Å².